The number of anilines is 1. The predicted molar refractivity (Wildman–Crippen MR) is 130 cm³/mol. The maximum Gasteiger partial charge on any atom is 0.263 e. The molecule has 1 amide bonds. The minimum absolute atomic E-state index is 0.138. The third kappa shape index (κ3) is 3.66. The van der Waals surface area contributed by atoms with Crippen molar-refractivity contribution in [3.63, 3.8) is 0 Å². The summed E-state index contributed by atoms with van der Waals surface area (Å²) in [6, 6.07) is 5.90. The molecule has 5 aliphatic rings. The van der Waals surface area contributed by atoms with Gasteiger partial charge in [0.15, 0.2) is 0 Å². The van der Waals surface area contributed by atoms with Gasteiger partial charge in [0.1, 0.15) is 16.9 Å². The van der Waals surface area contributed by atoms with Crippen molar-refractivity contribution >= 4 is 38.2 Å². The fourth-order valence-electron chi connectivity index (χ4n) is 6.92. The first-order valence-corrected chi connectivity index (χ1v) is 14.4. The summed E-state index contributed by atoms with van der Waals surface area (Å²) in [5.41, 5.74) is 0.625. The number of rotatable bonds is 5. The maximum atomic E-state index is 13.2. The Morgan fingerprint density at radius 3 is 2.41 bits per heavy atom. The summed E-state index contributed by atoms with van der Waals surface area (Å²) < 4.78 is 27.4. The van der Waals surface area contributed by atoms with Crippen LogP contribution in [0.2, 0.25) is 0 Å². The Hall–Kier alpha value is -2.33. The Morgan fingerprint density at radius 1 is 1.12 bits per heavy atom. The SMILES string of the molecule is CC(C)[C@H](N=C1NS(=O)(=O)c2ccccc21)C(=O)Nc1nnc(C23CC4CC(CC(C4)C2)C3)s1. The van der Waals surface area contributed by atoms with E-state index in [0.717, 1.165) is 22.8 Å². The molecule has 180 valence electrons. The Morgan fingerprint density at radius 2 is 1.76 bits per heavy atom. The van der Waals surface area contributed by atoms with Crippen LogP contribution in [0.1, 0.15) is 62.9 Å². The van der Waals surface area contributed by atoms with Gasteiger partial charge in [0.05, 0.1) is 4.90 Å². The Kier molecular flexibility index (Phi) is 5.11. The molecule has 7 rings (SSSR count). The maximum absolute atomic E-state index is 13.2. The summed E-state index contributed by atoms with van der Waals surface area (Å²) in [5, 5.41) is 13.3. The van der Waals surface area contributed by atoms with Crippen LogP contribution in [0.4, 0.5) is 5.13 Å². The highest BCUT2D eigenvalue weighted by atomic mass is 32.2. The van der Waals surface area contributed by atoms with Crippen LogP contribution in [0.5, 0.6) is 0 Å². The molecule has 4 fully saturated rings. The molecular formula is C24H29N5O3S2. The standard InChI is InChI=1S/C24H29N5O3S2/c1-13(2)19(25-20-17-5-3-4-6-18(17)34(31,32)29-20)21(30)26-23-28-27-22(33-23)24-10-14-7-15(11-24)9-16(8-14)12-24/h3-6,13-16,19H,7-12H2,1-2H3,(H,25,29)(H,26,28,30)/t14?,15?,16?,19-,24?/m0/s1. The van der Waals surface area contributed by atoms with E-state index in [1.165, 1.54) is 55.9 Å². The number of amidine groups is 1. The molecule has 2 aromatic rings. The van der Waals surface area contributed by atoms with Gasteiger partial charge in [-0.3, -0.25) is 19.8 Å². The van der Waals surface area contributed by atoms with Crippen LogP contribution in [-0.2, 0) is 20.2 Å². The van der Waals surface area contributed by atoms with Crippen LogP contribution >= 0.6 is 11.3 Å². The van der Waals surface area contributed by atoms with E-state index in [9.17, 15) is 13.2 Å². The van der Waals surface area contributed by atoms with E-state index in [0.29, 0.717) is 10.7 Å². The number of nitrogens with one attached hydrogen (secondary N) is 2. The van der Waals surface area contributed by atoms with Crippen molar-refractivity contribution in [2.75, 3.05) is 5.32 Å². The Labute approximate surface area is 203 Å². The van der Waals surface area contributed by atoms with E-state index >= 15 is 0 Å². The summed E-state index contributed by atoms with van der Waals surface area (Å²) >= 11 is 1.50. The number of nitrogens with zero attached hydrogens (tertiary/aromatic N) is 3. The molecule has 0 saturated heterocycles. The van der Waals surface area contributed by atoms with Gasteiger partial charge in [0, 0.05) is 11.0 Å². The first-order valence-electron chi connectivity index (χ1n) is 12.1. The van der Waals surface area contributed by atoms with Gasteiger partial charge in [-0.05, 0) is 74.3 Å². The van der Waals surface area contributed by atoms with Gasteiger partial charge in [-0.1, -0.05) is 37.3 Å². The fourth-order valence-corrected chi connectivity index (χ4v) is 9.12. The largest absolute Gasteiger partial charge is 0.299 e. The third-order valence-corrected chi connectivity index (χ3v) is 10.5. The van der Waals surface area contributed by atoms with E-state index in [-0.39, 0.29) is 28.0 Å². The zero-order valence-corrected chi connectivity index (χ0v) is 21.0. The molecule has 1 aromatic heterocycles. The molecule has 34 heavy (non-hydrogen) atoms. The quantitative estimate of drug-likeness (QED) is 0.651. The summed E-state index contributed by atoms with van der Waals surface area (Å²) in [5.74, 6) is 2.20. The summed E-state index contributed by atoms with van der Waals surface area (Å²) in [7, 11) is -3.66. The minimum atomic E-state index is -3.66. The number of hydrogen-bond acceptors (Lipinski definition) is 7. The van der Waals surface area contributed by atoms with E-state index < -0.39 is 16.1 Å². The lowest BCUT2D eigenvalue weighted by atomic mass is 9.50. The molecule has 10 heteroatoms. The number of fused-ring (bicyclic) bond motifs is 1. The molecular weight excluding hydrogens is 470 g/mol. The average Bonchev–Trinajstić information content (AvgIpc) is 3.34. The highest BCUT2D eigenvalue weighted by Crippen LogP contribution is 2.61. The fraction of sp³-hybridized carbons (Fsp3) is 0.583. The van der Waals surface area contributed by atoms with Crippen molar-refractivity contribution in [2.24, 2.45) is 28.7 Å². The molecule has 1 aromatic carbocycles. The highest BCUT2D eigenvalue weighted by molar-refractivity contribution is 7.90. The van der Waals surface area contributed by atoms with E-state index in [4.69, 9.17) is 0 Å². The van der Waals surface area contributed by atoms with Crippen LogP contribution in [0.25, 0.3) is 0 Å². The van der Waals surface area contributed by atoms with Crippen molar-refractivity contribution in [1.82, 2.24) is 14.9 Å². The van der Waals surface area contributed by atoms with E-state index in [1.54, 1.807) is 18.2 Å². The number of carbonyl (C=O) groups is 1. The molecule has 2 N–H and O–H groups in total. The number of amides is 1. The lowest BCUT2D eigenvalue weighted by Gasteiger charge is -2.55. The first-order chi connectivity index (χ1) is 16.2. The first kappa shape index (κ1) is 22.2. The van der Waals surface area contributed by atoms with Crippen LogP contribution in [-0.4, -0.2) is 36.4 Å². The van der Waals surface area contributed by atoms with Crippen LogP contribution in [0, 0.1) is 23.7 Å². The topological polar surface area (TPSA) is 113 Å². The van der Waals surface area contributed by atoms with Crippen LogP contribution in [0.15, 0.2) is 34.2 Å². The van der Waals surface area contributed by atoms with E-state index in [1.807, 2.05) is 13.8 Å². The normalized spacial score (nSPS) is 32.6. The van der Waals surface area contributed by atoms with Gasteiger partial charge < -0.3 is 0 Å². The van der Waals surface area contributed by atoms with E-state index in [2.05, 4.69) is 25.2 Å². The number of sulfonamides is 1. The van der Waals surface area contributed by atoms with Crippen molar-refractivity contribution in [3.8, 4) is 0 Å². The average molecular weight is 500 g/mol. The zero-order valence-electron chi connectivity index (χ0n) is 19.3. The van der Waals surface area contributed by atoms with Gasteiger partial charge in [0.25, 0.3) is 15.9 Å². The molecule has 2 heterocycles. The number of aliphatic imine (C=N–C) groups is 1. The van der Waals surface area contributed by atoms with Crippen molar-refractivity contribution < 1.29 is 13.2 Å². The number of hydrogen-bond donors (Lipinski definition) is 2. The van der Waals surface area contributed by atoms with Gasteiger partial charge in [-0.25, -0.2) is 8.42 Å². The van der Waals surface area contributed by atoms with Gasteiger partial charge in [0.2, 0.25) is 5.13 Å². The van der Waals surface area contributed by atoms with Crippen LogP contribution < -0.4 is 10.0 Å². The Balaban J connectivity index is 1.23. The highest BCUT2D eigenvalue weighted by Gasteiger charge is 2.53. The van der Waals surface area contributed by atoms with Gasteiger partial charge in [-0.15, -0.1) is 10.2 Å². The second-order valence-corrected chi connectivity index (χ2v) is 13.5. The predicted octanol–water partition coefficient (Wildman–Crippen LogP) is 3.71. The van der Waals surface area contributed by atoms with Crippen LogP contribution in [0.3, 0.4) is 0 Å². The minimum Gasteiger partial charge on any atom is -0.299 e. The molecule has 0 unspecified atom stereocenters. The second kappa shape index (κ2) is 7.84. The van der Waals surface area contributed by atoms with Gasteiger partial charge >= 0.3 is 0 Å². The smallest absolute Gasteiger partial charge is 0.263 e. The Bertz CT molecular complexity index is 1250. The third-order valence-electron chi connectivity index (χ3n) is 7.98. The van der Waals surface area contributed by atoms with Crippen molar-refractivity contribution in [3.05, 3.63) is 34.8 Å². The molecule has 8 nitrogen and oxygen atoms in total. The zero-order chi connectivity index (χ0) is 23.7. The molecule has 4 aliphatic carbocycles. The molecule has 1 aliphatic heterocycles. The van der Waals surface area contributed by atoms with Crippen molar-refractivity contribution in [1.29, 1.82) is 0 Å². The molecule has 1 atom stereocenters. The molecule has 4 bridgehead atoms. The lowest BCUT2D eigenvalue weighted by Crippen LogP contribution is -2.48. The van der Waals surface area contributed by atoms with Crippen molar-refractivity contribution in [2.45, 2.75) is 68.7 Å². The molecule has 0 spiro atoms. The molecule has 0 radical (unpaired) electrons. The number of benzene rings is 1. The lowest BCUT2D eigenvalue weighted by molar-refractivity contribution is -0.118. The number of carbonyl (C=O) groups excluding carboxylic acids is 1. The summed E-state index contributed by atoms with van der Waals surface area (Å²) in [6.45, 7) is 3.79. The van der Waals surface area contributed by atoms with Gasteiger partial charge in [-0.2, -0.15) is 0 Å². The molecule has 4 saturated carbocycles. The second-order valence-electron chi connectivity index (χ2n) is 10.9. The summed E-state index contributed by atoms with van der Waals surface area (Å²) in [4.78, 5) is 17.9. The summed E-state index contributed by atoms with van der Waals surface area (Å²) in [6.07, 6.45) is 7.69. The number of aromatic nitrogens is 2. The monoisotopic (exact) mass is 499 g/mol.